The predicted molar refractivity (Wildman–Crippen MR) is 70.7 cm³/mol. The van der Waals surface area contributed by atoms with Crippen molar-refractivity contribution in [3.05, 3.63) is 10.1 Å². The largest absolute Gasteiger partial charge is 0.393 e. The maximum Gasteiger partial charge on any atom is 0.319 e. The third kappa shape index (κ3) is 1.12. The van der Waals surface area contributed by atoms with Crippen LogP contribution < -0.4 is 0 Å². The number of fused-ring (bicyclic) bond motifs is 5. The molecule has 3 rings (SSSR count). The van der Waals surface area contributed by atoms with Crippen LogP contribution in [-0.2, 0) is 23.8 Å². The van der Waals surface area contributed by atoms with E-state index in [0.29, 0.717) is 0 Å². The molecular weight excluding hydrogens is 354 g/mol. The minimum absolute atomic E-state index is 0.0765. The van der Waals surface area contributed by atoms with Crippen molar-refractivity contribution in [1.82, 2.24) is 0 Å². The molecule has 1 saturated heterocycles. The summed E-state index contributed by atoms with van der Waals surface area (Å²) in [7, 11) is 2.57. The number of methoxy groups -OCH3 is 2. The molecule has 0 radical (unpaired) electrons. The molecule has 0 spiro atoms. The quantitative estimate of drug-likeness (QED) is 0.325. The number of halogens is 4. The average Bonchev–Trinajstić information content (AvgIpc) is 2.85. The molecule has 5 nitrogen and oxygen atoms in total. The van der Waals surface area contributed by atoms with Crippen molar-refractivity contribution in [3.63, 3.8) is 0 Å². The highest BCUT2D eigenvalue weighted by Crippen LogP contribution is 2.75. The lowest BCUT2D eigenvalue weighted by Gasteiger charge is -2.41. The molecule has 9 heteroatoms. The van der Waals surface area contributed by atoms with Gasteiger partial charge in [0.1, 0.15) is 11.8 Å². The van der Waals surface area contributed by atoms with E-state index in [4.69, 9.17) is 55.9 Å². The van der Waals surface area contributed by atoms with E-state index in [9.17, 15) is 9.59 Å². The van der Waals surface area contributed by atoms with Gasteiger partial charge in [-0.1, -0.05) is 23.2 Å². The first kappa shape index (κ1) is 14.9. The molecule has 0 unspecified atom stereocenters. The second-order valence-electron chi connectivity index (χ2n) is 4.77. The SMILES string of the molecule is COC1(OC)[C@@]2(Cl)C(Cl)=C(Cl)[C@@]1(Cl)[C@@H]1C(=O)OC(=O)[C@H]12. The van der Waals surface area contributed by atoms with Gasteiger partial charge in [0.2, 0.25) is 5.79 Å². The Morgan fingerprint density at radius 3 is 1.60 bits per heavy atom. The summed E-state index contributed by atoms with van der Waals surface area (Å²) < 4.78 is 15.3. The van der Waals surface area contributed by atoms with Crippen LogP contribution in [0.5, 0.6) is 0 Å². The van der Waals surface area contributed by atoms with E-state index < -0.39 is 39.3 Å². The fourth-order valence-electron chi connectivity index (χ4n) is 3.52. The van der Waals surface area contributed by atoms with E-state index in [1.165, 1.54) is 14.2 Å². The Bertz CT molecular complexity index is 527. The maximum atomic E-state index is 12.0. The summed E-state index contributed by atoms with van der Waals surface area (Å²) in [5.74, 6) is -5.63. The zero-order valence-electron chi connectivity index (χ0n) is 10.2. The monoisotopic (exact) mass is 360 g/mol. The molecule has 0 aromatic carbocycles. The fourth-order valence-corrected chi connectivity index (χ4v) is 5.67. The highest BCUT2D eigenvalue weighted by Gasteiger charge is 2.89. The van der Waals surface area contributed by atoms with Gasteiger partial charge >= 0.3 is 11.9 Å². The Morgan fingerprint density at radius 1 is 0.950 bits per heavy atom. The van der Waals surface area contributed by atoms with Crippen LogP contribution in [0.4, 0.5) is 0 Å². The molecule has 4 atom stereocenters. The number of esters is 2. The molecule has 0 N–H and O–H groups in total. The van der Waals surface area contributed by atoms with Crippen LogP contribution in [0.1, 0.15) is 0 Å². The van der Waals surface area contributed by atoms with Crippen molar-refractivity contribution in [2.75, 3.05) is 14.2 Å². The standard InChI is InChI=1S/C11H8Cl4O5/c1-18-11(19-2)9(14)3-4(8(17)20-7(3)16)10(11,15)6(13)5(9)12/h3-4H,1-2H3/t3-,4-,9-,10-/m0/s1. The molecule has 3 aliphatic rings. The van der Waals surface area contributed by atoms with Crippen LogP contribution in [0.15, 0.2) is 10.1 Å². The molecule has 0 amide bonds. The van der Waals surface area contributed by atoms with Crippen LogP contribution >= 0.6 is 46.4 Å². The molecule has 1 heterocycles. The van der Waals surface area contributed by atoms with E-state index in [1.807, 2.05) is 0 Å². The van der Waals surface area contributed by atoms with Gasteiger partial charge in [0.25, 0.3) is 0 Å². The lowest BCUT2D eigenvalue weighted by atomic mass is 9.84. The molecule has 1 aliphatic heterocycles. The lowest BCUT2D eigenvalue weighted by Crippen LogP contribution is -2.58. The molecule has 110 valence electrons. The van der Waals surface area contributed by atoms with Crippen molar-refractivity contribution >= 4 is 58.3 Å². The summed E-state index contributed by atoms with van der Waals surface area (Å²) in [6.45, 7) is 0. The van der Waals surface area contributed by atoms with Gasteiger partial charge in [-0.15, -0.1) is 23.2 Å². The van der Waals surface area contributed by atoms with Gasteiger partial charge in [-0.2, -0.15) is 0 Å². The van der Waals surface area contributed by atoms with Crippen LogP contribution in [0.3, 0.4) is 0 Å². The van der Waals surface area contributed by atoms with Gasteiger partial charge in [-0.05, 0) is 0 Å². The third-order valence-electron chi connectivity index (χ3n) is 4.26. The highest BCUT2D eigenvalue weighted by atomic mass is 35.5. The van der Waals surface area contributed by atoms with Crippen LogP contribution in [0.2, 0.25) is 0 Å². The highest BCUT2D eigenvalue weighted by molar-refractivity contribution is 6.53. The molecule has 0 aromatic rings. The van der Waals surface area contributed by atoms with Crippen LogP contribution in [-0.4, -0.2) is 41.7 Å². The number of alkyl halides is 2. The summed E-state index contributed by atoms with van der Waals surface area (Å²) in [6.07, 6.45) is 0. The number of rotatable bonds is 2. The van der Waals surface area contributed by atoms with Crippen molar-refractivity contribution < 1.29 is 23.8 Å². The molecule has 2 aliphatic carbocycles. The first-order valence-corrected chi connectivity index (χ1v) is 7.05. The number of hydrogen-bond donors (Lipinski definition) is 0. The summed E-state index contributed by atoms with van der Waals surface area (Å²) in [5.41, 5.74) is 0. The number of ether oxygens (including phenoxy) is 3. The van der Waals surface area contributed by atoms with Gasteiger partial charge in [-0.3, -0.25) is 9.59 Å². The van der Waals surface area contributed by atoms with Gasteiger partial charge < -0.3 is 14.2 Å². The lowest BCUT2D eigenvalue weighted by molar-refractivity contribution is -0.223. The van der Waals surface area contributed by atoms with E-state index in [2.05, 4.69) is 4.74 Å². The van der Waals surface area contributed by atoms with E-state index in [0.717, 1.165) is 0 Å². The first-order chi connectivity index (χ1) is 9.24. The van der Waals surface area contributed by atoms with Crippen molar-refractivity contribution in [2.24, 2.45) is 11.8 Å². The summed E-state index contributed by atoms with van der Waals surface area (Å²) >= 11 is 25.4. The molecule has 2 fully saturated rings. The van der Waals surface area contributed by atoms with Crippen LogP contribution in [0, 0.1) is 11.8 Å². The normalized spacial score (nSPS) is 45.1. The Kier molecular flexibility index (Phi) is 3.00. The van der Waals surface area contributed by atoms with Crippen LogP contribution in [0.25, 0.3) is 0 Å². The number of cyclic esters (lactones) is 2. The van der Waals surface area contributed by atoms with Crippen molar-refractivity contribution in [3.8, 4) is 0 Å². The number of carbonyl (C=O) groups excluding carboxylic acids is 2. The second-order valence-corrected chi connectivity index (χ2v) is 6.72. The Morgan fingerprint density at radius 2 is 1.30 bits per heavy atom. The van der Waals surface area contributed by atoms with E-state index in [-0.39, 0.29) is 10.1 Å². The molecular formula is C11H8Cl4O5. The second kappa shape index (κ2) is 4.03. The molecule has 1 saturated carbocycles. The summed E-state index contributed by atoms with van der Waals surface area (Å²) in [6, 6.07) is 0. The smallest absolute Gasteiger partial charge is 0.319 e. The summed E-state index contributed by atoms with van der Waals surface area (Å²) in [5, 5.41) is -0.153. The minimum atomic E-state index is -1.75. The first-order valence-electron chi connectivity index (χ1n) is 5.54. The molecule has 2 bridgehead atoms. The Hall–Kier alpha value is -0.0400. The van der Waals surface area contributed by atoms with E-state index >= 15 is 0 Å². The summed E-state index contributed by atoms with van der Waals surface area (Å²) in [4.78, 5) is 20.5. The number of hydrogen-bond acceptors (Lipinski definition) is 5. The van der Waals surface area contributed by atoms with Crippen molar-refractivity contribution in [1.29, 1.82) is 0 Å². The van der Waals surface area contributed by atoms with E-state index in [1.54, 1.807) is 0 Å². The average molecular weight is 362 g/mol. The topological polar surface area (TPSA) is 61.8 Å². The zero-order valence-corrected chi connectivity index (χ0v) is 13.2. The maximum absolute atomic E-state index is 12.0. The fraction of sp³-hybridized carbons (Fsp3) is 0.636. The zero-order chi connectivity index (χ0) is 15.1. The molecule has 0 aromatic heterocycles. The van der Waals surface area contributed by atoms with Gasteiger partial charge in [0.05, 0.1) is 10.1 Å². The Balaban J connectivity index is 2.37. The number of carbonyl (C=O) groups is 2. The Labute approximate surface area is 134 Å². The van der Waals surface area contributed by atoms with Crippen molar-refractivity contribution in [2.45, 2.75) is 15.5 Å². The minimum Gasteiger partial charge on any atom is -0.393 e. The third-order valence-corrected chi connectivity index (χ3v) is 6.87. The van der Waals surface area contributed by atoms with Gasteiger partial charge in [0.15, 0.2) is 9.75 Å². The van der Waals surface area contributed by atoms with Gasteiger partial charge in [-0.25, -0.2) is 0 Å². The van der Waals surface area contributed by atoms with Gasteiger partial charge in [0, 0.05) is 14.2 Å². The molecule has 20 heavy (non-hydrogen) atoms. The predicted octanol–water partition coefficient (Wildman–Crippen LogP) is 1.96.